The summed E-state index contributed by atoms with van der Waals surface area (Å²) < 4.78 is 1.05. The fraction of sp³-hybridized carbons (Fsp3) is 0.400. The van der Waals surface area contributed by atoms with Gasteiger partial charge < -0.3 is 10.8 Å². The second-order valence-electron chi connectivity index (χ2n) is 3.65. The van der Waals surface area contributed by atoms with Crippen LogP contribution in [0.4, 0.5) is 0 Å². The Kier molecular flexibility index (Phi) is 2.08. The molecule has 0 saturated heterocycles. The van der Waals surface area contributed by atoms with E-state index in [1.165, 1.54) is 0 Å². The van der Waals surface area contributed by atoms with Crippen molar-refractivity contribution in [3.05, 3.63) is 28.2 Å². The maximum absolute atomic E-state index is 9.36. The van der Waals surface area contributed by atoms with Crippen LogP contribution in [0.1, 0.15) is 18.4 Å². The number of aromatic hydroxyl groups is 1. The van der Waals surface area contributed by atoms with Crippen LogP contribution in [0, 0.1) is 0 Å². The highest BCUT2D eigenvalue weighted by molar-refractivity contribution is 9.10. The maximum atomic E-state index is 9.36. The van der Waals surface area contributed by atoms with E-state index in [0.717, 1.165) is 22.9 Å². The lowest BCUT2D eigenvalue weighted by Crippen LogP contribution is -2.20. The van der Waals surface area contributed by atoms with Gasteiger partial charge >= 0.3 is 0 Å². The van der Waals surface area contributed by atoms with Gasteiger partial charge in [0.25, 0.3) is 0 Å². The Morgan fingerprint density at radius 2 is 2.15 bits per heavy atom. The summed E-state index contributed by atoms with van der Waals surface area (Å²) in [6, 6.07) is 5.37. The van der Waals surface area contributed by atoms with E-state index in [2.05, 4.69) is 15.9 Å². The summed E-state index contributed by atoms with van der Waals surface area (Å²) in [4.78, 5) is 0. The molecule has 1 aliphatic carbocycles. The van der Waals surface area contributed by atoms with Crippen LogP contribution >= 0.6 is 15.9 Å². The van der Waals surface area contributed by atoms with E-state index in [0.29, 0.717) is 12.3 Å². The predicted octanol–water partition coefficient (Wildman–Crippen LogP) is 2.15. The van der Waals surface area contributed by atoms with Crippen molar-refractivity contribution in [3.63, 3.8) is 0 Å². The largest absolute Gasteiger partial charge is 0.508 e. The van der Waals surface area contributed by atoms with Crippen LogP contribution in [0.5, 0.6) is 5.75 Å². The van der Waals surface area contributed by atoms with Crippen LogP contribution < -0.4 is 5.73 Å². The lowest BCUT2D eigenvalue weighted by atomic mass is 9.96. The first-order chi connectivity index (χ1) is 6.18. The Hall–Kier alpha value is -0.540. The third-order valence-electron chi connectivity index (χ3n) is 2.77. The first-order valence-electron chi connectivity index (χ1n) is 4.37. The van der Waals surface area contributed by atoms with Crippen molar-refractivity contribution in [1.82, 2.24) is 0 Å². The molecule has 0 amide bonds. The Balaban J connectivity index is 2.44. The van der Waals surface area contributed by atoms with Crippen molar-refractivity contribution in [1.29, 1.82) is 0 Å². The average Bonchev–Trinajstić information content (AvgIpc) is 2.90. The molecule has 0 aliphatic heterocycles. The minimum atomic E-state index is 0.136. The summed E-state index contributed by atoms with van der Waals surface area (Å²) in [5, 5.41) is 9.36. The van der Waals surface area contributed by atoms with Gasteiger partial charge in [0.05, 0.1) is 0 Å². The lowest BCUT2D eigenvalue weighted by molar-refractivity contribution is 0.473. The molecule has 0 bridgehead atoms. The van der Waals surface area contributed by atoms with Crippen molar-refractivity contribution in [2.24, 2.45) is 5.73 Å². The predicted molar refractivity (Wildman–Crippen MR) is 55.8 cm³/mol. The van der Waals surface area contributed by atoms with Crippen molar-refractivity contribution in [2.45, 2.75) is 18.3 Å². The van der Waals surface area contributed by atoms with E-state index in [1.807, 2.05) is 12.1 Å². The molecule has 2 nitrogen and oxygen atoms in total. The van der Waals surface area contributed by atoms with Crippen LogP contribution in [-0.4, -0.2) is 11.7 Å². The fourth-order valence-electron chi connectivity index (χ4n) is 1.65. The van der Waals surface area contributed by atoms with Gasteiger partial charge in [0.15, 0.2) is 0 Å². The Morgan fingerprint density at radius 3 is 2.69 bits per heavy atom. The number of hydrogen-bond donors (Lipinski definition) is 2. The number of nitrogens with two attached hydrogens (primary N) is 1. The zero-order valence-corrected chi connectivity index (χ0v) is 8.84. The number of hydrogen-bond acceptors (Lipinski definition) is 2. The summed E-state index contributed by atoms with van der Waals surface area (Å²) in [6.07, 6.45) is 2.26. The van der Waals surface area contributed by atoms with Gasteiger partial charge in [0.1, 0.15) is 5.75 Å². The molecule has 3 N–H and O–H groups in total. The zero-order chi connectivity index (χ0) is 9.47. The van der Waals surface area contributed by atoms with Crippen LogP contribution in [-0.2, 0) is 5.41 Å². The topological polar surface area (TPSA) is 46.2 Å². The van der Waals surface area contributed by atoms with Gasteiger partial charge in [-0.1, -0.05) is 15.9 Å². The molecule has 0 spiro atoms. The van der Waals surface area contributed by atoms with Gasteiger partial charge in [-0.15, -0.1) is 0 Å². The Labute approximate surface area is 85.9 Å². The van der Waals surface area contributed by atoms with Gasteiger partial charge in [-0.25, -0.2) is 0 Å². The van der Waals surface area contributed by atoms with Gasteiger partial charge in [0, 0.05) is 16.4 Å². The molecule has 0 heterocycles. The van der Waals surface area contributed by atoms with Gasteiger partial charge in [-0.3, -0.25) is 0 Å². The monoisotopic (exact) mass is 241 g/mol. The zero-order valence-electron chi connectivity index (χ0n) is 7.26. The fourth-order valence-corrected chi connectivity index (χ4v) is 2.32. The minimum Gasteiger partial charge on any atom is -0.508 e. The highest BCUT2D eigenvalue weighted by Crippen LogP contribution is 2.50. The van der Waals surface area contributed by atoms with Crippen molar-refractivity contribution < 1.29 is 5.11 Å². The molecule has 1 aromatic carbocycles. The third-order valence-corrected chi connectivity index (χ3v) is 3.46. The molecule has 1 saturated carbocycles. The van der Waals surface area contributed by atoms with Crippen LogP contribution in [0.15, 0.2) is 22.7 Å². The number of benzene rings is 1. The highest BCUT2D eigenvalue weighted by Gasteiger charge is 2.44. The quantitative estimate of drug-likeness (QED) is 0.834. The number of rotatable bonds is 2. The van der Waals surface area contributed by atoms with E-state index in [4.69, 9.17) is 5.73 Å². The number of halogens is 1. The second-order valence-corrected chi connectivity index (χ2v) is 4.50. The Morgan fingerprint density at radius 1 is 1.46 bits per heavy atom. The van der Waals surface area contributed by atoms with Gasteiger partial charge in [-0.05, 0) is 36.6 Å². The molecule has 70 valence electrons. The van der Waals surface area contributed by atoms with Gasteiger partial charge in [0.2, 0.25) is 0 Å². The van der Waals surface area contributed by atoms with Crippen molar-refractivity contribution in [2.75, 3.05) is 6.54 Å². The molecule has 13 heavy (non-hydrogen) atoms. The minimum absolute atomic E-state index is 0.136. The molecule has 1 fully saturated rings. The van der Waals surface area contributed by atoms with Crippen LogP contribution in [0.3, 0.4) is 0 Å². The molecule has 0 aromatic heterocycles. The molecular formula is C10H12BrNO. The Bertz CT molecular complexity index is 334. The van der Waals surface area contributed by atoms with E-state index < -0.39 is 0 Å². The molecule has 1 aliphatic rings. The van der Waals surface area contributed by atoms with Crippen LogP contribution in [0.25, 0.3) is 0 Å². The molecule has 2 rings (SSSR count). The lowest BCUT2D eigenvalue weighted by Gasteiger charge is -2.14. The first-order valence-corrected chi connectivity index (χ1v) is 5.16. The summed E-state index contributed by atoms with van der Waals surface area (Å²) in [5.41, 5.74) is 7.00. The molecule has 0 unspecified atom stereocenters. The third kappa shape index (κ3) is 1.46. The molecule has 1 aromatic rings. The van der Waals surface area contributed by atoms with E-state index >= 15 is 0 Å². The summed E-state index contributed by atoms with van der Waals surface area (Å²) in [7, 11) is 0. The standard InChI is InChI=1S/C10H12BrNO/c11-9-2-1-7(13)5-8(9)10(6-12)3-4-10/h1-2,5,13H,3-4,6,12H2. The van der Waals surface area contributed by atoms with Gasteiger partial charge in [-0.2, -0.15) is 0 Å². The summed E-state index contributed by atoms with van der Waals surface area (Å²) in [6.45, 7) is 0.662. The molecular weight excluding hydrogens is 230 g/mol. The summed E-state index contributed by atoms with van der Waals surface area (Å²) in [5.74, 6) is 0.318. The maximum Gasteiger partial charge on any atom is 0.115 e. The summed E-state index contributed by atoms with van der Waals surface area (Å²) >= 11 is 3.48. The number of phenols is 1. The molecule has 0 atom stereocenters. The smallest absolute Gasteiger partial charge is 0.115 e. The van der Waals surface area contributed by atoms with Crippen molar-refractivity contribution in [3.8, 4) is 5.75 Å². The molecule has 0 radical (unpaired) electrons. The van der Waals surface area contributed by atoms with E-state index in [-0.39, 0.29) is 5.41 Å². The van der Waals surface area contributed by atoms with E-state index in [1.54, 1.807) is 6.07 Å². The SMILES string of the molecule is NCC1(c2cc(O)ccc2Br)CC1. The second kappa shape index (κ2) is 3.00. The van der Waals surface area contributed by atoms with Crippen LogP contribution in [0.2, 0.25) is 0 Å². The van der Waals surface area contributed by atoms with E-state index in [9.17, 15) is 5.11 Å². The van der Waals surface area contributed by atoms with Crippen molar-refractivity contribution >= 4 is 15.9 Å². The normalized spacial score (nSPS) is 18.6. The highest BCUT2D eigenvalue weighted by atomic mass is 79.9. The number of phenolic OH excluding ortho intramolecular Hbond substituents is 1. The first kappa shape index (κ1) is 9.03. The molecule has 3 heteroatoms. The average molecular weight is 242 g/mol.